The lowest BCUT2D eigenvalue weighted by atomic mass is 10.0. The maximum Gasteiger partial charge on any atom is 0.132 e. The minimum absolute atomic E-state index is 0.297. The Morgan fingerprint density at radius 3 is 2.75 bits per heavy atom. The predicted molar refractivity (Wildman–Crippen MR) is 86.2 cm³/mol. The van der Waals surface area contributed by atoms with Crippen molar-refractivity contribution in [3.05, 3.63) is 51.1 Å². The van der Waals surface area contributed by atoms with Gasteiger partial charge in [-0.15, -0.1) is 0 Å². The van der Waals surface area contributed by atoms with Gasteiger partial charge in [0.05, 0.1) is 10.7 Å². The van der Waals surface area contributed by atoms with E-state index in [1.807, 2.05) is 12.1 Å². The zero-order chi connectivity index (χ0) is 14.7. The minimum Gasteiger partial charge on any atom is -0.487 e. The van der Waals surface area contributed by atoms with Crippen LogP contribution in [0.1, 0.15) is 31.0 Å². The lowest BCUT2D eigenvalue weighted by molar-refractivity contribution is 0.297. The highest BCUT2D eigenvalue weighted by Crippen LogP contribution is 2.30. The van der Waals surface area contributed by atoms with Gasteiger partial charge in [0.2, 0.25) is 0 Å². The van der Waals surface area contributed by atoms with Gasteiger partial charge in [-0.1, -0.05) is 41.4 Å². The van der Waals surface area contributed by atoms with Crippen LogP contribution in [0.3, 0.4) is 0 Å². The molecule has 106 valence electrons. The lowest BCUT2D eigenvalue weighted by Crippen LogP contribution is -2.04. The molecule has 0 saturated carbocycles. The number of benzene rings is 1. The number of aromatic nitrogens is 1. The smallest absolute Gasteiger partial charge is 0.132 e. The Morgan fingerprint density at radius 2 is 2.05 bits per heavy atom. The monoisotopic (exact) mass is 354 g/mol. The predicted octanol–water partition coefficient (Wildman–Crippen LogP) is 4.78. The summed E-state index contributed by atoms with van der Waals surface area (Å²) < 4.78 is 6.89. The highest BCUT2D eigenvalue weighted by atomic mass is 79.9. The Labute approximate surface area is 132 Å². The van der Waals surface area contributed by atoms with Crippen LogP contribution in [0.25, 0.3) is 0 Å². The van der Waals surface area contributed by atoms with E-state index in [0.29, 0.717) is 29.1 Å². The van der Waals surface area contributed by atoms with Crippen molar-refractivity contribution in [1.29, 1.82) is 0 Å². The summed E-state index contributed by atoms with van der Waals surface area (Å²) in [6, 6.07) is 9.36. The first kappa shape index (κ1) is 15.1. The molecule has 0 bridgehead atoms. The minimum atomic E-state index is 0.297. The van der Waals surface area contributed by atoms with Gasteiger partial charge < -0.3 is 10.5 Å². The van der Waals surface area contributed by atoms with Gasteiger partial charge in [0.1, 0.15) is 18.2 Å². The standard InChI is InChI=1S/C15H16BrClN2O/c1-9(2)11-7-10(16)3-5-14(11)20-8-13-12(17)4-6-15(18)19-13/h3-7,9H,8H2,1-2H3,(H2,18,19). The van der Waals surface area contributed by atoms with Crippen molar-refractivity contribution in [2.24, 2.45) is 0 Å². The Kier molecular flexibility index (Phi) is 4.89. The molecule has 0 radical (unpaired) electrons. The van der Waals surface area contributed by atoms with Crippen LogP contribution in [-0.4, -0.2) is 4.98 Å². The summed E-state index contributed by atoms with van der Waals surface area (Å²) in [5.41, 5.74) is 7.44. The van der Waals surface area contributed by atoms with Crippen LogP contribution in [0.5, 0.6) is 5.75 Å². The van der Waals surface area contributed by atoms with E-state index in [2.05, 4.69) is 40.8 Å². The van der Waals surface area contributed by atoms with Crippen LogP contribution in [0.4, 0.5) is 5.82 Å². The third kappa shape index (κ3) is 3.64. The lowest BCUT2D eigenvalue weighted by Gasteiger charge is -2.15. The van der Waals surface area contributed by atoms with Gasteiger partial charge >= 0.3 is 0 Å². The molecule has 1 heterocycles. The normalized spacial score (nSPS) is 10.8. The quantitative estimate of drug-likeness (QED) is 0.858. The van der Waals surface area contributed by atoms with Gasteiger partial charge in [0.25, 0.3) is 0 Å². The molecule has 0 amide bonds. The Bertz CT molecular complexity index is 617. The van der Waals surface area contributed by atoms with Crippen LogP contribution in [-0.2, 0) is 6.61 Å². The molecule has 0 unspecified atom stereocenters. The highest BCUT2D eigenvalue weighted by molar-refractivity contribution is 9.10. The van der Waals surface area contributed by atoms with Gasteiger partial charge in [-0.3, -0.25) is 0 Å². The molecule has 0 atom stereocenters. The van der Waals surface area contributed by atoms with E-state index in [0.717, 1.165) is 15.8 Å². The fraction of sp³-hybridized carbons (Fsp3) is 0.267. The average Bonchev–Trinajstić information content (AvgIpc) is 2.40. The van der Waals surface area contributed by atoms with Crippen LogP contribution in [0, 0.1) is 0 Å². The number of ether oxygens (including phenoxy) is 1. The van der Waals surface area contributed by atoms with Gasteiger partial charge in [0, 0.05) is 4.47 Å². The fourth-order valence-electron chi connectivity index (χ4n) is 1.85. The number of hydrogen-bond donors (Lipinski definition) is 1. The van der Waals surface area contributed by atoms with Crippen molar-refractivity contribution < 1.29 is 4.74 Å². The molecule has 0 saturated heterocycles. The molecule has 2 aromatic rings. The Morgan fingerprint density at radius 1 is 1.30 bits per heavy atom. The molecule has 3 nitrogen and oxygen atoms in total. The molecule has 2 N–H and O–H groups in total. The molecule has 5 heteroatoms. The number of nitrogens with zero attached hydrogens (tertiary/aromatic N) is 1. The molecule has 1 aromatic carbocycles. The molecule has 0 fully saturated rings. The van der Waals surface area contributed by atoms with Gasteiger partial charge in [-0.25, -0.2) is 4.98 Å². The van der Waals surface area contributed by atoms with Gasteiger partial charge in [-0.05, 0) is 41.8 Å². The molecule has 0 aliphatic heterocycles. The number of nitrogens with two attached hydrogens (primary N) is 1. The van der Waals surface area contributed by atoms with E-state index < -0.39 is 0 Å². The van der Waals surface area contributed by atoms with Crippen molar-refractivity contribution in [3.63, 3.8) is 0 Å². The summed E-state index contributed by atoms with van der Waals surface area (Å²) in [6.45, 7) is 4.55. The van der Waals surface area contributed by atoms with Crippen molar-refractivity contribution in [3.8, 4) is 5.75 Å². The summed E-state index contributed by atoms with van der Waals surface area (Å²) in [5.74, 6) is 1.64. The van der Waals surface area contributed by atoms with E-state index >= 15 is 0 Å². The molecular formula is C15H16BrClN2O. The van der Waals surface area contributed by atoms with Gasteiger partial charge in [-0.2, -0.15) is 0 Å². The molecule has 0 spiro atoms. The maximum absolute atomic E-state index is 6.08. The van der Waals surface area contributed by atoms with Crippen molar-refractivity contribution in [1.82, 2.24) is 4.98 Å². The van der Waals surface area contributed by atoms with E-state index in [-0.39, 0.29) is 0 Å². The summed E-state index contributed by atoms with van der Waals surface area (Å²) in [7, 11) is 0. The number of hydrogen-bond acceptors (Lipinski definition) is 3. The molecule has 0 aliphatic rings. The topological polar surface area (TPSA) is 48.1 Å². The van der Waals surface area contributed by atoms with Crippen LogP contribution in [0.15, 0.2) is 34.8 Å². The van der Waals surface area contributed by atoms with Crippen molar-refractivity contribution in [2.75, 3.05) is 5.73 Å². The largest absolute Gasteiger partial charge is 0.487 e. The first-order valence-corrected chi connectivity index (χ1v) is 7.47. The van der Waals surface area contributed by atoms with Gasteiger partial charge in [0.15, 0.2) is 0 Å². The average molecular weight is 356 g/mol. The highest BCUT2D eigenvalue weighted by Gasteiger charge is 2.10. The van der Waals surface area contributed by atoms with E-state index in [1.165, 1.54) is 0 Å². The van der Waals surface area contributed by atoms with Crippen molar-refractivity contribution >= 4 is 33.3 Å². The summed E-state index contributed by atoms with van der Waals surface area (Å²) in [4.78, 5) is 4.19. The molecular weight excluding hydrogens is 340 g/mol. The summed E-state index contributed by atoms with van der Waals surface area (Å²) in [6.07, 6.45) is 0. The maximum atomic E-state index is 6.08. The van der Waals surface area contributed by atoms with E-state index in [4.69, 9.17) is 22.1 Å². The summed E-state index contributed by atoms with van der Waals surface area (Å²) in [5, 5.41) is 0.558. The molecule has 2 rings (SSSR count). The van der Waals surface area contributed by atoms with Crippen LogP contribution >= 0.6 is 27.5 Å². The second kappa shape index (κ2) is 6.46. The zero-order valence-corrected chi connectivity index (χ0v) is 13.7. The molecule has 20 heavy (non-hydrogen) atoms. The molecule has 1 aromatic heterocycles. The Balaban J connectivity index is 2.20. The van der Waals surface area contributed by atoms with Crippen LogP contribution in [0.2, 0.25) is 5.02 Å². The number of nitrogen functional groups attached to an aromatic ring is 1. The second-order valence-corrected chi connectivity index (χ2v) is 6.11. The third-order valence-corrected chi connectivity index (χ3v) is 3.74. The number of anilines is 1. The van der Waals surface area contributed by atoms with Crippen LogP contribution < -0.4 is 10.5 Å². The number of halogens is 2. The first-order valence-electron chi connectivity index (χ1n) is 6.30. The van der Waals surface area contributed by atoms with Crippen molar-refractivity contribution in [2.45, 2.75) is 26.4 Å². The Hall–Kier alpha value is -1.26. The number of pyridine rings is 1. The number of rotatable bonds is 4. The summed E-state index contributed by atoms with van der Waals surface area (Å²) >= 11 is 9.56. The second-order valence-electron chi connectivity index (χ2n) is 4.79. The fourth-order valence-corrected chi connectivity index (χ4v) is 2.39. The SMILES string of the molecule is CC(C)c1cc(Br)ccc1OCc1nc(N)ccc1Cl. The van der Waals surface area contributed by atoms with E-state index in [1.54, 1.807) is 12.1 Å². The first-order chi connectivity index (χ1) is 9.47. The van der Waals surface area contributed by atoms with E-state index in [9.17, 15) is 0 Å². The molecule has 0 aliphatic carbocycles. The zero-order valence-electron chi connectivity index (χ0n) is 11.4. The third-order valence-electron chi connectivity index (χ3n) is 2.90.